The molecule has 8 nitrogen and oxygen atoms in total. The van der Waals surface area contributed by atoms with Gasteiger partial charge in [-0.3, -0.25) is 10.1 Å². The van der Waals surface area contributed by atoms with E-state index in [0.29, 0.717) is 9.37 Å². The van der Waals surface area contributed by atoms with Crippen LogP contribution in [0.2, 0.25) is 5.02 Å². The van der Waals surface area contributed by atoms with Crippen molar-refractivity contribution in [2.24, 2.45) is 0 Å². The van der Waals surface area contributed by atoms with E-state index < -0.39 is 39.7 Å². The van der Waals surface area contributed by atoms with Crippen molar-refractivity contribution in [3.05, 3.63) is 31.7 Å². The van der Waals surface area contributed by atoms with Gasteiger partial charge in [-0.05, 0) is 47.6 Å². The Labute approximate surface area is 164 Å². The summed E-state index contributed by atoms with van der Waals surface area (Å²) >= 11 is 9.21. The number of carbonyl (C=O) groups is 2. The molecular formula is C16H20BrClN2O6. The quantitative estimate of drug-likeness (QED) is 0.423. The van der Waals surface area contributed by atoms with Crippen LogP contribution in [-0.2, 0) is 9.47 Å². The second-order valence-electron chi connectivity index (χ2n) is 7.31. The van der Waals surface area contributed by atoms with Crippen LogP contribution in [0.1, 0.15) is 41.5 Å². The molecule has 0 saturated heterocycles. The van der Waals surface area contributed by atoms with Gasteiger partial charge >= 0.3 is 12.2 Å². The first kappa shape index (κ1) is 22.2. The number of nitro benzene ring substituents is 1. The van der Waals surface area contributed by atoms with Crippen molar-refractivity contribution in [3.8, 4) is 0 Å². The van der Waals surface area contributed by atoms with E-state index in [1.807, 2.05) is 0 Å². The van der Waals surface area contributed by atoms with Gasteiger partial charge in [-0.25, -0.2) is 9.59 Å². The van der Waals surface area contributed by atoms with Crippen LogP contribution >= 0.6 is 27.5 Å². The van der Waals surface area contributed by atoms with E-state index in [2.05, 4.69) is 15.9 Å². The highest BCUT2D eigenvalue weighted by Gasteiger charge is 2.38. The van der Waals surface area contributed by atoms with Crippen molar-refractivity contribution in [1.29, 1.82) is 0 Å². The lowest BCUT2D eigenvalue weighted by atomic mass is 10.2. The van der Waals surface area contributed by atoms with E-state index in [4.69, 9.17) is 21.1 Å². The Kier molecular flexibility index (Phi) is 6.64. The smallest absolute Gasteiger partial charge is 0.424 e. The van der Waals surface area contributed by atoms with Crippen LogP contribution in [0.25, 0.3) is 0 Å². The minimum Gasteiger partial charge on any atom is -0.443 e. The molecule has 0 N–H and O–H groups in total. The zero-order chi connectivity index (χ0) is 20.4. The second kappa shape index (κ2) is 7.79. The summed E-state index contributed by atoms with van der Waals surface area (Å²) in [6, 6.07) is 2.45. The van der Waals surface area contributed by atoms with Crippen LogP contribution in [0.5, 0.6) is 0 Å². The van der Waals surface area contributed by atoms with Gasteiger partial charge in [0.05, 0.1) is 9.95 Å². The Hall–Kier alpha value is -1.87. The lowest BCUT2D eigenvalue weighted by Crippen LogP contribution is -2.44. The average molecular weight is 452 g/mol. The largest absolute Gasteiger partial charge is 0.443 e. The summed E-state index contributed by atoms with van der Waals surface area (Å²) in [6.45, 7) is 9.56. The van der Waals surface area contributed by atoms with Gasteiger partial charge in [0.1, 0.15) is 11.2 Å². The predicted octanol–water partition coefficient (Wildman–Crippen LogP) is 5.69. The highest BCUT2D eigenvalue weighted by atomic mass is 79.9. The molecule has 0 aliphatic rings. The summed E-state index contributed by atoms with van der Waals surface area (Å²) < 4.78 is 10.7. The van der Waals surface area contributed by atoms with Crippen LogP contribution in [0.15, 0.2) is 16.6 Å². The van der Waals surface area contributed by atoms with E-state index in [9.17, 15) is 19.7 Å². The summed E-state index contributed by atoms with van der Waals surface area (Å²) in [5, 5.41) is 11.2. The van der Waals surface area contributed by atoms with E-state index >= 15 is 0 Å². The minimum absolute atomic E-state index is 0.192. The molecule has 0 atom stereocenters. The van der Waals surface area contributed by atoms with Gasteiger partial charge in [0.25, 0.3) is 5.69 Å². The zero-order valence-electron chi connectivity index (χ0n) is 15.3. The zero-order valence-corrected chi connectivity index (χ0v) is 17.6. The number of nitrogens with zero attached hydrogens (tertiary/aromatic N) is 2. The Morgan fingerprint density at radius 1 is 1.08 bits per heavy atom. The molecular weight excluding hydrogens is 432 g/mol. The third-order valence-electron chi connectivity index (χ3n) is 2.58. The highest BCUT2D eigenvalue weighted by Crippen LogP contribution is 2.39. The molecule has 144 valence electrons. The number of benzene rings is 1. The molecule has 0 bridgehead atoms. The second-order valence-corrected chi connectivity index (χ2v) is 8.63. The number of carbonyl (C=O) groups excluding carboxylic acids is 2. The van der Waals surface area contributed by atoms with E-state index in [-0.39, 0.29) is 5.02 Å². The van der Waals surface area contributed by atoms with Crippen molar-refractivity contribution in [2.45, 2.75) is 52.7 Å². The molecule has 0 unspecified atom stereocenters. The van der Waals surface area contributed by atoms with Crippen molar-refractivity contribution >= 4 is 51.1 Å². The standard InChI is InChI=1S/C16H20BrClN2O6/c1-15(2,3)25-13(21)19(14(22)26-16(4,5)6)12-10(18)7-9(17)8-11(12)20(23)24/h7-8H,1-6H3. The number of hydrogen-bond acceptors (Lipinski definition) is 6. The molecule has 10 heteroatoms. The number of imide groups is 1. The Bertz CT molecular complexity index is 711. The molecule has 2 amide bonds. The summed E-state index contributed by atoms with van der Waals surface area (Å²) in [7, 11) is 0. The monoisotopic (exact) mass is 450 g/mol. The number of rotatable bonds is 2. The number of ether oxygens (including phenoxy) is 2. The molecule has 0 saturated carbocycles. The van der Waals surface area contributed by atoms with Crippen molar-refractivity contribution in [3.63, 3.8) is 0 Å². The number of halogens is 2. The highest BCUT2D eigenvalue weighted by molar-refractivity contribution is 9.10. The number of anilines is 1. The fraction of sp³-hybridized carbons (Fsp3) is 0.500. The Morgan fingerprint density at radius 3 is 1.85 bits per heavy atom. The molecule has 1 aromatic carbocycles. The van der Waals surface area contributed by atoms with Gasteiger partial charge in [0, 0.05) is 10.5 Å². The molecule has 26 heavy (non-hydrogen) atoms. The van der Waals surface area contributed by atoms with E-state index in [1.54, 1.807) is 41.5 Å². The maximum Gasteiger partial charge on any atom is 0.424 e. The van der Waals surface area contributed by atoms with Crippen molar-refractivity contribution in [2.75, 3.05) is 4.90 Å². The van der Waals surface area contributed by atoms with Gasteiger partial charge < -0.3 is 9.47 Å². The van der Waals surface area contributed by atoms with Gasteiger partial charge in [-0.2, -0.15) is 4.90 Å². The van der Waals surface area contributed by atoms with Crippen LogP contribution in [-0.4, -0.2) is 28.3 Å². The third-order valence-corrected chi connectivity index (χ3v) is 3.33. The normalized spacial score (nSPS) is 11.7. The summed E-state index contributed by atoms with van der Waals surface area (Å²) in [5.74, 6) is 0. The molecule has 0 spiro atoms. The maximum absolute atomic E-state index is 12.6. The molecule has 0 aromatic heterocycles. The first-order chi connectivity index (χ1) is 11.6. The Morgan fingerprint density at radius 2 is 1.50 bits per heavy atom. The fourth-order valence-electron chi connectivity index (χ4n) is 1.79. The molecule has 0 radical (unpaired) electrons. The lowest BCUT2D eigenvalue weighted by Gasteiger charge is -2.28. The number of amides is 2. The van der Waals surface area contributed by atoms with Crippen molar-refractivity contribution in [1.82, 2.24) is 0 Å². The fourth-order valence-corrected chi connectivity index (χ4v) is 2.66. The average Bonchev–Trinajstić information content (AvgIpc) is 2.36. The van der Waals surface area contributed by atoms with Crippen LogP contribution in [0.3, 0.4) is 0 Å². The summed E-state index contributed by atoms with van der Waals surface area (Å²) in [4.78, 5) is 36.3. The van der Waals surface area contributed by atoms with Gasteiger partial charge in [-0.15, -0.1) is 0 Å². The van der Waals surface area contributed by atoms with Gasteiger partial charge in [-0.1, -0.05) is 27.5 Å². The predicted molar refractivity (Wildman–Crippen MR) is 101 cm³/mol. The number of nitro groups is 1. The van der Waals surface area contributed by atoms with Gasteiger partial charge in [0.2, 0.25) is 0 Å². The molecule has 1 rings (SSSR count). The lowest BCUT2D eigenvalue weighted by molar-refractivity contribution is -0.384. The number of hydrogen-bond donors (Lipinski definition) is 0. The van der Waals surface area contributed by atoms with Crippen molar-refractivity contribution < 1.29 is 24.0 Å². The Balaban J connectivity index is 3.58. The molecule has 0 aliphatic heterocycles. The van der Waals surface area contributed by atoms with Crippen LogP contribution in [0.4, 0.5) is 21.0 Å². The van der Waals surface area contributed by atoms with Gasteiger partial charge in [0.15, 0.2) is 5.69 Å². The topological polar surface area (TPSA) is 99.0 Å². The van der Waals surface area contributed by atoms with E-state index in [0.717, 1.165) is 6.07 Å². The SMILES string of the molecule is CC(C)(C)OC(=O)N(C(=O)OC(C)(C)C)c1c(Cl)cc(Br)cc1[N+](=O)[O-]. The molecule has 0 aliphatic carbocycles. The molecule has 1 aromatic rings. The third kappa shape index (κ3) is 6.14. The van der Waals surface area contributed by atoms with Crippen LogP contribution in [0, 0.1) is 10.1 Å². The first-order valence-corrected chi connectivity index (χ1v) is 8.69. The van der Waals surface area contributed by atoms with E-state index in [1.165, 1.54) is 6.07 Å². The summed E-state index contributed by atoms with van der Waals surface area (Å²) in [5.41, 5.74) is -2.88. The summed E-state index contributed by atoms with van der Waals surface area (Å²) in [6.07, 6.45) is -2.28. The van der Waals surface area contributed by atoms with Crippen LogP contribution < -0.4 is 4.90 Å². The minimum atomic E-state index is -1.14. The molecule has 0 fully saturated rings. The first-order valence-electron chi connectivity index (χ1n) is 7.52. The molecule has 0 heterocycles. The maximum atomic E-state index is 12.6.